The summed E-state index contributed by atoms with van der Waals surface area (Å²) in [5, 5.41) is 11.8. The second-order valence-corrected chi connectivity index (χ2v) is 7.44. The molecule has 0 radical (unpaired) electrons. The fourth-order valence-electron chi connectivity index (χ4n) is 1.87. The number of nitrogens with one attached hydrogen (secondary N) is 2. The number of anilines is 1. The Balaban J connectivity index is 2.17. The van der Waals surface area contributed by atoms with E-state index in [9.17, 15) is 8.42 Å². The lowest BCUT2D eigenvalue weighted by molar-refractivity contribution is 0.594. The number of sulfonamides is 1. The molecule has 0 fully saturated rings. The van der Waals surface area contributed by atoms with Gasteiger partial charge in [-0.15, -0.1) is 10.2 Å². The van der Waals surface area contributed by atoms with Crippen LogP contribution in [0.2, 0.25) is 0 Å². The first-order valence-corrected chi connectivity index (χ1v) is 8.88. The summed E-state index contributed by atoms with van der Waals surface area (Å²) >= 11 is 1.20. The maximum Gasteiger partial charge on any atom is 0.263 e. The summed E-state index contributed by atoms with van der Waals surface area (Å²) in [6, 6.07) is 7.00. The van der Waals surface area contributed by atoms with E-state index in [0.717, 1.165) is 12.1 Å². The molecule has 0 saturated carbocycles. The van der Waals surface area contributed by atoms with Gasteiger partial charge in [-0.1, -0.05) is 30.4 Å². The van der Waals surface area contributed by atoms with Gasteiger partial charge in [0.2, 0.25) is 5.13 Å². The van der Waals surface area contributed by atoms with Crippen LogP contribution >= 0.6 is 11.3 Å². The van der Waals surface area contributed by atoms with Crippen LogP contribution in [0.4, 0.5) is 5.13 Å². The Hall–Kier alpha value is -1.51. The molecule has 8 heteroatoms. The summed E-state index contributed by atoms with van der Waals surface area (Å²) in [7, 11) is -3.62. The predicted molar refractivity (Wildman–Crippen MR) is 84.0 cm³/mol. The Morgan fingerprint density at radius 2 is 1.90 bits per heavy atom. The van der Waals surface area contributed by atoms with Crippen LogP contribution in [-0.2, 0) is 10.0 Å². The van der Waals surface area contributed by atoms with Crippen LogP contribution in [0.15, 0.2) is 29.2 Å². The van der Waals surface area contributed by atoms with E-state index in [-0.39, 0.29) is 16.1 Å². The van der Waals surface area contributed by atoms with E-state index < -0.39 is 10.0 Å². The van der Waals surface area contributed by atoms with Gasteiger partial charge in [0.15, 0.2) is 0 Å². The molecule has 0 aliphatic carbocycles. The first-order chi connectivity index (χ1) is 9.92. The van der Waals surface area contributed by atoms with Crippen LogP contribution in [0.25, 0.3) is 0 Å². The molecule has 1 unspecified atom stereocenters. The molecule has 1 aromatic carbocycles. The highest BCUT2D eigenvalue weighted by molar-refractivity contribution is 7.93. The minimum Gasteiger partial charge on any atom is -0.310 e. The van der Waals surface area contributed by atoms with Gasteiger partial charge < -0.3 is 5.32 Å². The minimum atomic E-state index is -3.62. The molecule has 0 bridgehead atoms. The second kappa shape index (κ2) is 6.50. The monoisotopic (exact) mass is 326 g/mol. The standard InChI is InChI=1S/C13H18N4O2S2/c1-4-14-9(2)11-5-7-12(8-6-11)21(18,19)17-13-16-15-10(3)20-13/h5-9,14H,4H2,1-3H3,(H,16,17). The zero-order valence-corrected chi connectivity index (χ0v) is 13.8. The number of aryl methyl sites for hydroxylation is 1. The van der Waals surface area contributed by atoms with Gasteiger partial charge in [-0.2, -0.15) is 0 Å². The Morgan fingerprint density at radius 1 is 1.24 bits per heavy atom. The summed E-state index contributed by atoms with van der Waals surface area (Å²) in [5.41, 5.74) is 1.04. The average molecular weight is 326 g/mol. The molecular formula is C13H18N4O2S2. The molecule has 1 aromatic heterocycles. The van der Waals surface area contributed by atoms with Crippen molar-refractivity contribution < 1.29 is 8.42 Å². The normalized spacial score (nSPS) is 13.1. The Bertz CT molecular complexity index is 695. The van der Waals surface area contributed by atoms with Crippen molar-refractivity contribution in [2.45, 2.75) is 31.7 Å². The Labute approximate surface area is 128 Å². The maximum atomic E-state index is 12.2. The van der Waals surface area contributed by atoms with Gasteiger partial charge in [-0.25, -0.2) is 8.42 Å². The first kappa shape index (κ1) is 15.9. The summed E-state index contributed by atoms with van der Waals surface area (Å²) in [6.07, 6.45) is 0. The molecule has 1 heterocycles. The van der Waals surface area contributed by atoms with Gasteiger partial charge in [0.05, 0.1) is 4.90 Å². The maximum absolute atomic E-state index is 12.2. The zero-order valence-electron chi connectivity index (χ0n) is 12.1. The fraction of sp³-hybridized carbons (Fsp3) is 0.385. The average Bonchev–Trinajstić information content (AvgIpc) is 2.84. The third-order valence-electron chi connectivity index (χ3n) is 2.95. The molecule has 2 rings (SSSR count). The Morgan fingerprint density at radius 3 is 2.43 bits per heavy atom. The Kier molecular flexibility index (Phi) is 4.92. The summed E-state index contributed by atoms with van der Waals surface area (Å²) in [6.45, 7) is 6.70. The van der Waals surface area contributed by atoms with Gasteiger partial charge in [0, 0.05) is 6.04 Å². The second-order valence-electron chi connectivity index (χ2n) is 4.58. The van der Waals surface area contributed by atoms with Crippen molar-refractivity contribution in [2.75, 3.05) is 11.3 Å². The van der Waals surface area contributed by atoms with Crippen molar-refractivity contribution >= 4 is 26.5 Å². The van der Waals surface area contributed by atoms with Gasteiger partial charge in [-0.3, -0.25) is 4.72 Å². The number of benzene rings is 1. The molecular weight excluding hydrogens is 308 g/mol. The summed E-state index contributed by atoms with van der Waals surface area (Å²) in [4.78, 5) is 0.211. The van der Waals surface area contributed by atoms with E-state index in [4.69, 9.17) is 0 Å². The molecule has 0 aliphatic rings. The lowest BCUT2D eigenvalue weighted by Gasteiger charge is -2.13. The molecule has 21 heavy (non-hydrogen) atoms. The SMILES string of the molecule is CCNC(C)c1ccc(S(=O)(=O)Nc2nnc(C)s2)cc1. The molecule has 1 atom stereocenters. The third kappa shape index (κ3) is 3.99. The quantitative estimate of drug-likeness (QED) is 0.851. The molecule has 0 spiro atoms. The smallest absolute Gasteiger partial charge is 0.263 e. The van der Waals surface area contributed by atoms with E-state index in [1.54, 1.807) is 19.1 Å². The van der Waals surface area contributed by atoms with Crippen LogP contribution in [-0.4, -0.2) is 25.2 Å². The zero-order chi connectivity index (χ0) is 15.5. The molecule has 0 amide bonds. The van der Waals surface area contributed by atoms with Crippen LogP contribution in [0.3, 0.4) is 0 Å². The van der Waals surface area contributed by atoms with Crippen LogP contribution < -0.4 is 10.0 Å². The molecule has 6 nitrogen and oxygen atoms in total. The molecule has 2 aromatic rings. The largest absolute Gasteiger partial charge is 0.310 e. The first-order valence-electron chi connectivity index (χ1n) is 6.58. The molecule has 0 saturated heterocycles. The summed E-state index contributed by atoms with van der Waals surface area (Å²) < 4.78 is 26.9. The lowest BCUT2D eigenvalue weighted by atomic mass is 10.1. The van der Waals surface area contributed by atoms with Crippen molar-refractivity contribution in [2.24, 2.45) is 0 Å². The summed E-state index contributed by atoms with van der Waals surface area (Å²) in [5.74, 6) is 0. The van der Waals surface area contributed by atoms with Crippen LogP contribution in [0, 0.1) is 6.92 Å². The van der Waals surface area contributed by atoms with Crippen molar-refractivity contribution in [1.82, 2.24) is 15.5 Å². The van der Waals surface area contributed by atoms with E-state index in [0.29, 0.717) is 5.01 Å². The topological polar surface area (TPSA) is 84.0 Å². The number of rotatable bonds is 6. The van der Waals surface area contributed by atoms with E-state index in [2.05, 4.69) is 20.2 Å². The van der Waals surface area contributed by atoms with Gasteiger partial charge in [0.25, 0.3) is 10.0 Å². The third-order valence-corrected chi connectivity index (χ3v) is 5.19. The number of hydrogen-bond donors (Lipinski definition) is 2. The van der Waals surface area contributed by atoms with Crippen molar-refractivity contribution in [3.8, 4) is 0 Å². The fourth-order valence-corrected chi connectivity index (χ4v) is 3.69. The number of hydrogen-bond acceptors (Lipinski definition) is 6. The highest BCUT2D eigenvalue weighted by atomic mass is 32.2. The molecule has 114 valence electrons. The highest BCUT2D eigenvalue weighted by Gasteiger charge is 2.16. The van der Waals surface area contributed by atoms with Crippen LogP contribution in [0.5, 0.6) is 0 Å². The number of aromatic nitrogens is 2. The van der Waals surface area contributed by atoms with Crippen molar-refractivity contribution in [3.05, 3.63) is 34.8 Å². The van der Waals surface area contributed by atoms with Crippen molar-refractivity contribution in [3.63, 3.8) is 0 Å². The van der Waals surface area contributed by atoms with Gasteiger partial charge in [-0.05, 0) is 38.1 Å². The van der Waals surface area contributed by atoms with E-state index in [1.165, 1.54) is 11.3 Å². The van der Waals surface area contributed by atoms with Crippen LogP contribution in [0.1, 0.15) is 30.5 Å². The highest BCUT2D eigenvalue weighted by Crippen LogP contribution is 2.21. The van der Waals surface area contributed by atoms with E-state index >= 15 is 0 Å². The van der Waals surface area contributed by atoms with Gasteiger partial charge >= 0.3 is 0 Å². The predicted octanol–water partition coefficient (Wildman–Crippen LogP) is 2.32. The molecule has 2 N–H and O–H groups in total. The molecule has 0 aliphatic heterocycles. The van der Waals surface area contributed by atoms with Gasteiger partial charge in [0.1, 0.15) is 5.01 Å². The van der Waals surface area contributed by atoms with Crippen molar-refractivity contribution in [1.29, 1.82) is 0 Å². The lowest BCUT2D eigenvalue weighted by Crippen LogP contribution is -2.18. The minimum absolute atomic E-state index is 0.186. The number of nitrogens with zero attached hydrogens (tertiary/aromatic N) is 2. The van der Waals surface area contributed by atoms with E-state index in [1.807, 2.05) is 26.0 Å².